The Bertz CT molecular complexity index is 747. The van der Waals surface area contributed by atoms with Crippen molar-refractivity contribution in [1.29, 1.82) is 0 Å². The van der Waals surface area contributed by atoms with Gasteiger partial charge in [-0.05, 0) is 38.1 Å². The second kappa shape index (κ2) is 8.53. The Morgan fingerprint density at radius 2 is 2.21 bits per heavy atom. The summed E-state index contributed by atoms with van der Waals surface area (Å²) in [6.07, 6.45) is 7.46. The van der Waals surface area contributed by atoms with Gasteiger partial charge in [-0.15, -0.1) is 0 Å². The Hall–Kier alpha value is -2.05. The molecule has 0 unspecified atom stereocenters. The van der Waals surface area contributed by atoms with E-state index in [1.165, 1.54) is 11.1 Å². The lowest BCUT2D eigenvalue weighted by Gasteiger charge is -2.35. The molecule has 2 aliphatic heterocycles. The zero-order valence-corrected chi connectivity index (χ0v) is 17.0. The van der Waals surface area contributed by atoms with Crippen LogP contribution in [0.2, 0.25) is 0 Å². The highest BCUT2D eigenvalue weighted by molar-refractivity contribution is 5.66. The third-order valence-corrected chi connectivity index (χ3v) is 5.89. The van der Waals surface area contributed by atoms with Crippen molar-refractivity contribution in [2.75, 3.05) is 20.7 Å². The Balaban J connectivity index is 0.000000279. The van der Waals surface area contributed by atoms with Gasteiger partial charge in [-0.1, -0.05) is 31.6 Å². The summed E-state index contributed by atoms with van der Waals surface area (Å²) in [6.45, 7) is 3.93. The van der Waals surface area contributed by atoms with E-state index < -0.39 is 12.1 Å². The van der Waals surface area contributed by atoms with Crippen LogP contribution >= 0.6 is 0 Å². The number of aliphatic hydroxyl groups is 1. The van der Waals surface area contributed by atoms with Gasteiger partial charge in [-0.25, -0.2) is 0 Å². The summed E-state index contributed by atoms with van der Waals surface area (Å²) >= 11 is 0. The zero-order chi connectivity index (χ0) is 20.3. The third kappa shape index (κ3) is 3.89. The third-order valence-electron chi connectivity index (χ3n) is 5.89. The van der Waals surface area contributed by atoms with Crippen LogP contribution in [0.5, 0.6) is 11.5 Å². The molecule has 3 aliphatic rings. The molecule has 6 heteroatoms. The SMILES string of the molecule is CCCCC(=O)O.COc1ccc2c3c1O[C@H]1C[C@@H](O)C=C[C@@]31CCN(C)C2. The van der Waals surface area contributed by atoms with E-state index in [-0.39, 0.29) is 11.5 Å². The molecular formula is C22H31NO5. The first-order chi connectivity index (χ1) is 13.4. The second-order valence-corrected chi connectivity index (χ2v) is 7.93. The molecular weight excluding hydrogens is 358 g/mol. The maximum atomic E-state index is 9.97. The minimum absolute atomic E-state index is 0.00838. The molecule has 0 fully saturated rings. The Kier molecular flexibility index (Phi) is 6.30. The van der Waals surface area contributed by atoms with Crippen molar-refractivity contribution in [3.63, 3.8) is 0 Å². The quantitative estimate of drug-likeness (QED) is 0.771. The van der Waals surface area contributed by atoms with E-state index in [0.717, 1.165) is 43.9 Å². The highest BCUT2D eigenvalue weighted by Crippen LogP contribution is 2.55. The lowest BCUT2D eigenvalue weighted by molar-refractivity contribution is -0.137. The lowest BCUT2D eigenvalue weighted by Crippen LogP contribution is -2.42. The first kappa shape index (κ1) is 20.7. The topological polar surface area (TPSA) is 79.2 Å². The number of carboxylic acids is 1. The molecule has 1 spiro atoms. The number of hydrogen-bond acceptors (Lipinski definition) is 5. The Morgan fingerprint density at radius 1 is 1.43 bits per heavy atom. The number of hydrogen-bond donors (Lipinski definition) is 2. The molecule has 2 heterocycles. The standard InChI is InChI=1S/C17H21NO3.C5H10O2/c1-18-8-7-17-6-5-12(19)9-14(17)21-16-13(20-2)4-3-11(10-18)15(16)17;1-2-3-4-5(6)7/h3-6,12,14,19H,7-10H2,1-2H3;2-4H2,1H3,(H,6,7)/t12-,14-,17-;/m0./s1. The van der Waals surface area contributed by atoms with E-state index in [9.17, 15) is 9.90 Å². The normalized spacial score (nSPS) is 27.6. The zero-order valence-electron chi connectivity index (χ0n) is 17.0. The van der Waals surface area contributed by atoms with Gasteiger partial charge in [-0.2, -0.15) is 0 Å². The highest BCUT2D eigenvalue weighted by atomic mass is 16.5. The molecule has 4 rings (SSSR count). The smallest absolute Gasteiger partial charge is 0.303 e. The number of methoxy groups -OCH3 is 1. The molecule has 3 atom stereocenters. The summed E-state index contributed by atoms with van der Waals surface area (Å²) in [5.74, 6) is 0.992. The molecule has 154 valence electrons. The van der Waals surface area contributed by atoms with Gasteiger partial charge in [0.2, 0.25) is 0 Å². The minimum Gasteiger partial charge on any atom is -0.493 e. The highest BCUT2D eigenvalue weighted by Gasteiger charge is 2.52. The largest absolute Gasteiger partial charge is 0.493 e. The summed E-state index contributed by atoms with van der Waals surface area (Å²) in [7, 11) is 3.84. The number of rotatable bonds is 4. The molecule has 0 saturated heterocycles. The Morgan fingerprint density at radius 3 is 2.86 bits per heavy atom. The monoisotopic (exact) mass is 389 g/mol. The van der Waals surface area contributed by atoms with Crippen LogP contribution in [0, 0.1) is 0 Å². The lowest BCUT2D eigenvalue weighted by atomic mass is 9.69. The summed E-state index contributed by atoms with van der Waals surface area (Å²) in [5, 5.41) is 18.0. The number of carbonyl (C=O) groups is 1. The van der Waals surface area contributed by atoms with Crippen LogP contribution < -0.4 is 9.47 Å². The fourth-order valence-electron chi connectivity index (χ4n) is 4.41. The van der Waals surface area contributed by atoms with Gasteiger partial charge in [0.25, 0.3) is 0 Å². The predicted octanol–water partition coefficient (Wildman–Crippen LogP) is 3.11. The molecule has 28 heavy (non-hydrogen) atoms. The van der Waals surface area contributed by atoms with Crippen LogP contribution in [-0.2, 0) is 16.8 Å². The molecule has 0 aromatic heterocycles. The van der Waals surface area contributed by atoms with E-state index in [1.54, 1.807) is 7.11 Å². The minimum atomic E-state index is -0.693. The first-order valence-corrected chi connectivity index (χ1v) is 10.1. The van der Waals surface area contributed by atoms with Crippen molar-refractivity contribution in [3.8, 4) is 11.5 Å². The van der Waals surface area contributed by atoms with Crippen molar-refractivity contribution in [3.05, 3.63) is 35.4 Å². The maximum absolute atomic E-state index is 9.97. The molecule has 6 nitrogen and oxygen atoms in total. The van der Waals surface area contributed by atoms with Crippen LogP contribution in [0.15, 0.2) is 24.3 Å². The molecule has 0 saturated carbocycles. The average Bonchev–Trinajstić information content (AvgIpc) is 2.92. The summed E-state index contributed by atoms with van der Waals surface area (Å²) in [4.78, 5) is 12.1. The molecule has 0 radical (unpaired) electrons. The van der Waals surface area contributed by atoms with Gasteiger partial charge >= 0.3 is 5.97 Å². The number of aliphatic hydroxyl groups excluding tert-OH is 1. The second-order valence-electron chi connectivity index (χ2n) is 7.93. The van der Waals surface area contributed by atoms with E-state index in [0.29, 0.717) is 12.8 Å². The molecule has 0 bridgehead atoms. The van der Waals surface area contributed by atoms with E-state index >= 15 is 0 Å². The number of carboxylic acid groups (broad SMARTS) is 1. The van der Waals surface area contributed by atoms with Crippen LogP contribution in [0.25, 0.3) is 0 Å². The Labute approximate surface area is 166 Å². The fraction of sp³-hybridized carbons (Fsp3) is 0.591. The van der Waals surface area contributed by atoms with Crippen molar-refractivity contribution in [1.82, 2.24) is 4.90 Å². The first-order valence-electron chi connectivity index (χ1n) is 10.1. The van der Waals surface area contributed by atoms with Gasteiger partial charge in [0.1, 0.15) is 6.10 Å². The van der Waals surface area contributed by atoms with Crippen molar-refractivity contribution >= 4 is 5.97 Å². The van der Waals surface area contributed by atoms with Gasteiger partial charge in [0.15, 0.2) is 11.5 Å². The molecule has 1 aliphatic carbocycles. The van der Waals surface area contributed by atoms with Gasteiger partial charge < -0.3 is 24.6 Å². The van der Waals surface area contributed by atoms with E-state index in [1.807, 2.05) is 19.1 Å². The van der Waals surface area contributed by atoms with Crippen molar-refractivity contribution in [2.24, 2.45) is 0 Å². The van der Waals surface area contributed by atoms with Crippen molar-refractivity contribution < 1.29 is 24.5 Å². The summed E-state index contributed by atoms with van der Waals surface area (Å²) in [6, 6.07) is 4.16. The molecule has 2 N–H and O–H groups in total. The number of aliphatic carboxylic acids is 1. The number of ether oxygens (including phenoxy) is 2. The average molecular weight is 389 g/mol. The predicted molar refractivity (Wildman–Crippen MR) is 107 cm³/mol. The van der Waals surface area contributed by atoms with Crippen LogP contribution in [0.1, 0.15) is 50.2 Å². The van der Waals surface area contributed by atoms with Gasteiger partial charge in [0.05, 0.1) is 18.6 Å². The van der Waals surface area contributed by atoms with Crippen LogP contribution in [0.4, 0.5) is 0 Å². The molecule has 1 aromatic carbocycles. The number of benzene rings is 1. The van der Waals surface area contributed by atoms with Crippen LogP contribution in [-0.4, -0.2) is 54.0 Å². The van der Waals surface area contributed by atoms with Gasteiger partial charge in [-0.3, -0.25) is 4.79 Å². The summed E-state index contributed by atoms with van der Waals surface area (Å²) in [5.41, 5.74) is 2.48. The maximum Gasteiger partial charge on any atom is 0.303 e. The molecule has 0 amide bonds. The number of nitrogens with zero attached hydrogens (tertiary/aromatic N) is 1. The summed E-state index contributed by atoms with van der Waals surface area (Å²) < 4.78 is 11.8. The fourth-order valence-corrected chi connectivity index (χ4v) is 4.41. The van der Waals surface area contributed by atoms with Crippen molar-refractivity contribution in [2.45, 2.75) is 63.2 Å². The van der Waals surface area contributed by atoms with Crippen LogP contribution in [0.3, 0.4) is 0 Å². The molecule has 1 aromatic rings. The van der Waals surface area contributed by atoms with E-state index in [4.69, 9.17) is 14.6 Å². The van der Waals surface area contributed by atoms with E-state index in [2.05, 4.69) is 24.1 Å². The number of unbranched alkanes of at least 4 members (excludes halogenated alkanes) is 1. The van der Waals surface area contributed by atoms with Gasteiger partial charge in [0, 0.05) is 24.9 Å².